The van der Waals surface area contributed by atoms with Crippen LogP contribution in [0, 0.1) is 0 Å². The zero-order valence-corrected chi connectivity index (χ0v) is 22.1. The van der Waals surface area contributed by atoms with E-state index in [1.165, 1.54) is 66.5 Å². The predicted molar refractivity (Wildman–Crippen MR) is 166 cm³/mol. The quantitative estimate of drug-likeness (QED) is 0.228. The topological polar surface area (TPSA) is 9.86 Å². The molecule has 0 bridgehead atoms. The number of allylic oxidation sites excluding steroid dienone is 5. The molecule has 6 aromatic rings. The number of rotatable bonds is 3. The van der Waals surface area contributed by atoms with E-state index in [4.69, 9.17) is 0 Å². The minimum Gasteiger partial charge on any atom is -0.316 e. The van der Waals surface area contributed by atoms with Gasteiger partial charge >= 0.3 is 0 Å². The van der Waals surface area contributed by atoms with E-state index >= 15 is 0 Å². The Balaban J connectivity index is 1.18. The molecule has 1 unspecified atom stereocenters. The highest BCUT2D eigenvalue weighted by Gasteiger charge is 2.24. The maximum absolute atomic E-state index is 2.55. The Hall–Kier alpha value is -4.56. The Morgan fingerprint density at radius 3 is 1.87 bits per heavy atom. The standard InChI is InChI=1S/C37H30N2/c1-25-9-8-13-33-32-12-4-7-16-36(32)39(37(25)33)29-23-19-27(20-24-29)26-17-21-28(22-18-26)38-34-14-5-2-10-30(34)31-11-3-6-15-35(31)38/h2-8,10-19,21-23,25H,9,20,24H2,1H3. The summed E-state index contributed by atoms with van der Waals surface area (Å²) in [5.74, 6) is 0.525. The molecule has 2 heterocycles. The lowest BCUT2D eigenvalue weighted by Gasteiger charge is -2.23. The van der Waals surface area contributed by atoms with Crippen LogP contribution in [0.15, 0.2) is 115 Å². The van der Waals surface area contributed by atoms with Gasteiger partial charge in [-0.05, 0) is 66.8 Å². The van der Waals surface area contributed by atoms with Crippen LogP contribution in [0.4, 0.5) is 0 Å². The summed E-state index contributed by atoms with van der Waals surface area (Å²) >= 11 is 0. The molecule has 0 fully saturated rings. The van der Waals surface area contributed by atoms with Gasteiger partial charge in [0.2, 0.25) is 0 Å². The molecule has 0 radical (unpaired) electrons. The fourth-order valence-corrected chi connectivity index (χ4v) is 6.84. The Kier molecular flexibility index (Phi) is 5.03. The van der Waals surface area contributed by atoms with E-state index in [-0.39, 0.29) is 0 Å². The maximum Gasteiger partial charge on any atom is 0.0541 e. The molecular formula is C37H30N2. The van der Waals surface area contributed by atoms with Gasteiger partial charge in [-0.3, -0.25) is 0 Å². The smallest absolute Gasteiger partial charge is 0.0541 e. The second kappa shape index (κ2) is 8.74. The molecular weight excluding hydrogens is 472 g/mol. The first-order valence-electron chi connectivity index (χ1n) is 14.1. The Morgan fingerprint density at radius 2 is 1.23 bits per heavy atom. The number of benzene rings is 4. The Morgan fingerprint density at radius 1 is 0.615 bits per heavy atom. The lowest BCUT2D eigenvalue weighted by Crippen LogP contribution is -2.09. The van der Waals surface area contributed by atoms with Crippen LogP contribution in [0.5, 0.6) is 0 Å². The van der Waals surface area contributed by atoms with Crippen molar-refractivity contribution >= 4 is 50.1 Å². The first kappa shape index (κ1) is 22.4. The number of fused-ring (bicyclic) bond motifs is 6. The van der Waals surface area contributed by atoms with E-state index in [1.54, 1.807) is 0 Å². The van der Waals surface area contributed by atoms with Crippen LogP contribution in [-0.4, -0.2) is 9.13 Å². The van der Waals surface area contributed by atoms with Crippen LogP contribution < -0.4 is 0 Å². The third-order valence-corrected chi connectivity index (χ3v) is 8.68. The SMILES string of the molecule is CC1CC=Cc2c1n(C1=CC=C(c3ccc(-n4c5ccccc5c5ccccc54)cc3)CC1)c1ccccc21. The van der Waals surface area contributed by atoms with Gasteiger partial charge in [0.15, 0.2) is 0 Å². The van der Waals surface area contributed by atoms with Crippen molar-refractivity contribution in [3.63, 3.8) is 0 Å². The average Bonchev–Trinajstić information content (AvgIpc) is 3.52. The summed E-state index contributed by atoms with van der Waals surface area (Å²) in [6.45, 7) is 2.36. The summed E-state index contributed by atoms with van der Waals surface area (Å²) in [5.41, 5.74) is 12.0. The van der Waals surface area contributed by atoms with E-state index in [9.17, 15) is 0 Å². The Bertz CT molecular complexity index is 1940. The molecule has 188 valence electrons. The van der Waals surface area contributed by atoms with Crippen molar-refractivity contribution < 1.29 is 0 Å². The molecule has 0 N–H and O–H groups in total. The summed E-state index contributed by atoms with van der Waals surface area (Å²) in [6, 6.07) is 35.4. The monoisotopic (exact) mass is 502 g/mol. The number of para-hydroxylation sites is 3. The van der Waals surface area contributed by atoms with Gasteiger partial charge < -0.3 is 9.13 Å². The van der Waals surface area contributed by atoms with E-state index < -0.39 is 0 Å². The summed E-state index contributed by atoms with van der Waals surface area (Å²) < 4.78 is 4.94. The molecule has 2 aliphatic carbocycles. The first-order valence-corrected chi connectivity index (χ1v) is 14.1. The van der Waals surface area contributed by atoms with E-state index in [2.05, 4.69) is 137 Å². The van der Waals surface area contributed by atoms with E-state index in [0.29, 0.717) is 5.92 Å². The second-order valence-electron chi connectivity index (χ2n) is 11.0. The molecule has 0 amide bonds. The molecule has 0 aliphatic heterocycles. The van der Waals surface area contributed by atoms with Gasteiger partial charge in [-0.1, -0.05) is 91.9 Å². The van der Waals surface area contributed by atoms with Gasteiger partial charge in [0.05, 0.1) is 16.6 Å². The van der Waals surface area contributed by atoms with Gasteiger partial charge in [0.25, 0.3) is 0 Å². The third kappa shape index (κ3) is 3.41. The molecule has 0 saturated heterocycles. The van der Waals surface area contributed by atoms with Gasteiger partial charge in [-0.15, -0.1) is 0 Å². The van der Waals surface area contributed by atoms with Crippen LogP contribution in [0.3, 0.4) is 0 Å². The lowest BCUT2D eigenvalue weighted by molar-refractivity contribution is 0.720. The summed E-state index contributed by atoms with van der Waals surface area (Å²) in [7, 11) is 0. The molecule has 1 atom stereocenters. The van der Waals surface area contributed by atoms with Gasteiger partial charge in [-0.2, -0.15) is 0 Å². The molecule has 4 aromatic carbocycles. The average molecular weight is 503 g/mol. The molecule has 2 aromatic heterocycles. The summed E-state index contributed by atoms with van der Waals surface area (Å²) in [5, 5.41) is 3.97. The van der Waals surface area contributed by atoms with Crippen molar-refractivity contribution in [2.45, 2.75) is 32.1 Å². The maximum atomic E-state index is 2.55. The third-order valence-electron chi connectivity index (χ3n) is 8.68. The summed E-state index contributed by atoms with van der Waals surface area (Å²) in [4.78, 5) is 0. The van der Waals surface area contributed by atoms with Crippen molar-refractivity contribution in [2.24, 2.45) is 0 Å². The predicted octanol–water partition coefficient (Wildman–Crippen LogP) is 9.98. The van der Waals surface area contributed by atoms with Crippen molar-refractivity contribution in [3.05, 3.63) is 132 Å². The lowest BCUT2D eigenvalue weighted by atomic mass is 9.92. The zero-order valence-electron chi connectivity index (χ0n) is 22.1. The molecule has 39 heavy (non-hydrogen) atoms. The van der Waals surface area contributed by atoms with Crippen molar-refractivity contribution in [3.8, 4) is 5.69 Å². The molecule has 2 aliphatic rings. The first-order chi connectivity index (χ1) is 19.3. The zero-order chi connectivity index (χ0) is 25.9. The van der Waals surface area contributed by atoms with Crippen molar-refractivity contribution in [1.82, 2.24) is 9.13 Å². The van der Waals surface area contributed by atoms with Crippen LogP contribution in [0.2, 0.25) is 0 Å². The number of aromatic nitrogens is 2. The molecule has 0 saturated carbocycles. The van der Waals surface area contributed by atoms with E-state index in [0.717, 1.165) is 19.3 Å². The summed E-state index contributed by atoms with van der Waals surface area (Å²) in [6.07, 6.45) is 12.6. The van der Waals surface area contributed by atoms with Gasteiger partial charge in [-0.25, -0.2) is 0 Å². The highest BCUT2D eigenvalue weighted by atomic mass is 15.0. The van der Waals surface area contributed by atoms with Crippen LogP contribution in [0.1, 0.15) is 48.9 Å². The van der Waals surface area contributed by atoms with Crippen LogP contribution in [0.25, 0.3) is 55.7 Å². The van der Waals surface area contributed by atoms with Gasteiger partial charge in [0.1, 0.15) is 0 Å². The fraction of sp³-hybridized carbons (Fsp3) is 0.135. The van der Waals surface area contributed by atoms with Crippen molar-refractivity contribution in [1.29, 1.82) is 0 Å². The fourth-order valence-electron chi connectivity index (χ4n) is 6.84. The van der Waals surface area contributed by atoms with Crippen LogP contribution >= 0.6 is 0 Å². The molecule has 0 spiro atoms. The minimum atomic E-state index is 0.525. The number of hydrogen-bond donors (Lipinski definition) is 0. The Labute approximate surface area is 228 Å². The van der Waals surface area contributed by atoms with E-state index in [1.807, 2.05) is 0 Å². The highest BCUT2D eigenvalue weighted by molar-refractivity contribution is 6.09. The molecule has 2 nitrogen and oxygen atoms in total. The minimum absolute atomic E-state index is 0.525. The van der Waals surface area contributed by atoms with Gasteiger partial charge in [0, 0.05) is 44.7 Å². The normalized spacial score (nSPS) is 17.0. The largest absolute Gasteiger partial charge is 0.316 e. The van der Waals surface area contributed by atoms with Crippen molar-refractivity contribution in [2.75, 3.05) is 0 Å². The highest BCUT2D eigenvalue weighted by Crippen LogP contribution is 2.41. The molecule has 2 heteroatoms. The number of hydrogen-bond acceptors (Lipinski definition) is 0. The second-order valence-corrected chi connectivity index (χ2v) is 11.0. The molecule has 8 rings (SSSR count). The van der Waals surface area contributed by atoms with Crippen LogP contribution in [-0.2, 0) is 0 Å². The number of nitrogens with zero attached hydrogens (tertiary/aromatic N) is 2.